The fraction of sp³-hybridized carbons (Fsp3) is 0.933. The fourth-order valence-electron chi connectivity index (χ4n) is 3.64. The van der Waals surface area contributed by atoms with Gasteiger partial charge in [-0.1, -0.05) is 20.3 Å². The second-order valence-corrected chi connectivity index (χ2v) is 7.32. The van der Waals surface area contributed by atoms with Gasteiger partial charge < -0.3 is 25.1 Å². The number of fused-ring (bicyclic) bond motifs is 2. The van der Waals surface area contributed by atoms with Crippen LogP contribution in [-0.2, 0) is 4.79 Å². The van der Waals surface area contributed by atoms with Crippen LogP contribution in [-0.4, -0.2) is 34.3 Å². The number of aliphatic hydroxyl groups is 2. The molecule has 2 bridgehead atoms. The molecule has 21 heavy (non-hydrogen) atoms. The lowest BCUT2D eigenvalue weighted by Gasteiger charge is -2.68. The number of hydrogen-bond donors (Lipinski definition) is 2. The molecule has 0 heterocycles. The molecule has 0 amide bonds. The van der Waals surface area contributed by atoms with E-state index in [1.54, 1.807) is 6.92 Å². The van der Waals surface area contributed by atoms with Crippen molar-refractivity contribution in [2.45, 2.75) is 77.3 Å². The lowest BCUT2D eigenvalue weighted by Crippen LogP contribution is -2.74. The summed E-state index contributed by atoms with van der Waals surface area (Å²) >= 11 is 0. The van der Waals surface area contributed by atoms with Crippen LogP contribution in [0.25, 0.3) is 0 Å². The van der Waals surface area contributed by atoms with Gasteiger partial charge in [0, 0.05) is 6.42 Å². The van der Waals surface area contributed by atoms with Crippen molar-refractivity contribution >= 4 is 12.9 Å². The molecule has 0 aromatic carbocycles. The predicted molar refractivity (Wildman–Crippen MR) is 77.2 cm³/mol. The van der Waals surface area contributed by atoms with E-state index in [2.05, 4.69) is 13.8 Å². The number of Topliss-reactive ketones (excluding diaryl/α,β-unsaturated/α-hetero) is 1. The zero-order chi connectivity index (χ0) is 16.5. The normalized spacial score (nSPS) is 36.1. The molecular weight excluding hydrogens is 271 g/mol. The van der Waals surface area contributed by atoms with Gasteiger partial charge in [0.05, 0.1) is 11.2 Å². The first-order valence-electron chi connectivity index (χ1n) is 7.70. The van der Waals surface area contributed by atoms with Crippen molar-refractivity contribution in [3.8, 4) is 0 Å². The van der Waals surface area contributed by atoms with Crippen molar-refractivity contribution in [2.75, 3.05) is 0 Å². The van der Waals surface area contributed by atoms with Crippen LogP contribution in [0.5, 0.6) is 0 Å². The minimum absolute atomic E-state index is 0.0376. The highest BCUT2D eigenvalue weighted by atomic mass is 16.4. The minimum atomic E-state index is -1.76. The molecule has 122 valence electrons. The summed E-state index contributed by atoms with van der Waals surface area (Å²) in [5.41, 5.74) is -1.79. The van der Waals surface area contributed by atoms with E-state index >= 15 is 0 Å². The smallest absolute Gasteiger partial charge is 0.129 e. The third-order valence-corrected chi connectivity index (χ3v) is 5.47. The first-order valence-corrected chi connectivity index (χ1v) is 7.70. The fourth-order valence-corrected chi connectivity index (χ4v) is 3.64. The molecule has 0 spiro atoms. The minimum Gasteiger partial charge on any atom is -0.893 e. The predicted octanol–water partition coefficient (Wildman–Crippen LogP) is -0.127. The Labute approximate surface area is 127 Å². The maximum Gasteiger partial charge on any atom is 0.129 e. The van der Waals surface area contributed by atoms with Crippen LogP contribution in [0.1, 0.15) is 59.8 Å². The van der Waals surface area contributed by atoms with Gasteiger partial charge in [0.1, 0.15) is 5.78 Å². The van der Waals surface area contributed by atoms with Crippen LogP contribution in [0.2, 0.25) is 6.32 Å². The molecule has 3 aliphatic carbocycles. The summed E-state index contributed by atoms with van der Waals surface area (Å²) in [5, 5.41) is 40.0. The molecule has 5 nitrogen and oxygen atoms in total. The molecule has 6 heteroatoms. The van der Waals surface area contributed by atoms with Crippen molar-refractivity contribution in [2.24, 2.45) is 11.3 Å². The van der Waals surface area contributed by atoms with Gasteiger partial charge in [-0.05, 0) is 44.4 Å². The molecule has 3 atom stereocenters. The van der Waals surface area contributed by atoms with Gasteiger partial charge >= 0.3 is 0 Å². The van der Waals surface area contributed by atoms with E-state index in [0.29, 0.717) is 18.8 Å². The number of rotatable bonds is 4. The molecule has 2 N–H and O–H groups in total. The van der Waals surface area contributed by atoms with Crippen LogP contribution < -0.4 is 10.0 Å². The Balaban J connectivity index is 0.000000222. The van der Waals surface area contributed by atoms with E-state index in [0.717, 1.165) is 19.3 Å². The highest BCUT2D eigenvalue weighted by molar-refractivity contribution is 6.36. The van der Waals surface area contributed by atoms with Gasteiger partial charge in [0.2, 0.25) is 0 Å². The number of ketones is 1. The van der Waals surface area contributed by atoms with Crippen molar-refractivity contribution in [1.29, 1.82) is 0 Å². The third kappa shape index (κ3) is 3.67. The highest BCUT2D eigenvalue weighted by Gasteiger charge is 2.69. The quantitative estimate of drug-likeness (QED) is 0.704. The zero-order valence-corrected chi connectivity index (χ0v) is 13.5. The van der Waals surface area contributed by atoms with Crippen LogP contribution in [0.4, 0.5) is 0 Å². The summed E-state index contributed by atoms with van der Waals surface area (Å²) in [6, 6.07) is 0. The third-order valence-electron chi connectivity index (χ3n) is 5.47. The highest BCUT2D eigenvalue weighted by Crippen LogP contribution is 2.65. The molecule has 3 rings (SSSR count). The summed E-state index contributed by atoms with van der Waals surface area (Å²) in [6.07, 6.45) is 3.46. The molecule has 0 aromatic heterocycles. The topological polar surface area (TPSA) is 104 Å². The maximum atomic E-state index is 10.2. The molecular formula is C15H27BO5-2. The summed E-state index contributed by atoms with van der Waals surface area (Å²) in [5.74, 6) is 0.651. The molecule has 3 unspecified atom stereocenters. The maximum absolute atomic E-state index is 10.2. The number of hydrogen-bond acceptors (Lipinski definition) is 5. The summed E-state index contributed by atoms with van der Waals surface area (Å²) in [4.78, 5) is 10.2. The van der Waals surface area contributed by atoms with Crippen molar-refractivity contribution in [3.63, 3.8) is 0 Å². The van der Waals surface area contributed by atoms with E-state index in [9.17, 15) is 25.1 Å². The van der Waals surface area contributed by atoms with Gasteiger partial charge in [-0.2, -0.15) is 0 Å². The Morgan fingerprint density at radius 1 is 1.29 bits per heavy atom. The van der Waals surface area contributed by atoms with Gasteiger partial charge in [-0.15, -0.1) is 13.4 Å². The monoisotopic (exact) mass is 298 g/mol. The Morgan fingerprint density at radius 2 is 1.86 bits per heavy atom. The number of carbonyl (C=O) groups is 1. The lowest BCUT2D eigenvalue weighted by atomic mass is 9.41. The van der Waals surface area contributed by atoms with E-state index in [4.69, 9.17) is 0 Å². The zero-order valence-electron chi connectivity index (χ0n) is 13.5. The van der Waals surface area contributed by atoms with Crippen LogP contribution in [0, 0.1) is 11.3 Å². The first-order chi connectivity index (χ1) is 9.44. The van der Waals surface area contributed by atoms with Crippen molar-refractivity contribution in [1.82, 2.24) is 0 Å². The Morgan fingerprint density at radius 3 is 2.19 bits per heavy atom. The molecule has 0 aromatic rings. The second-order valence-electron chi connectivity index (χ2n) is 7.32. The van der Waals surface area contributed by atoms with Crippen LogP contribution in [0.3, 0.4) is 0 Å². The molecule has 3 fully saturated rings. The average Bonchev–Trinajstić information content (AvgIpc) is 2.32. The van der Waals surface area contributed by atoms with E-state index in [1.165, 1.54) is 6.92 Å². The summed E-state index contributed by atoms with van der Waals surface area (Å²) in [6.45, 7) is 7.35. The van der Waals surface area contributed by atoms with E-state index in [1.807, 2.05) is 0 Å². The van der Waals surface area contributed by atoms with Crippen LogP contribution in [0.15, 0.2) is 0 Å². The largest absolute Gasteiger partial charge is 0.893 e. The van der Waals surface area contributed by atoms with Gasteiger partial charge in [0.25, 0.3) is 0 Å². The molecule has 3 aliphatic rings. The summed E-state index contributed by atoms with van der Waals surface area (Å²) < 4.78 is 0. The van der Waals surface area contributed by atoms with Crippen LogP contribution >= 0.6 is 0 Å². The Kier molecular flexibility index (Phi) is 5.64. The number of carbonyl (C=O) groups excluding carboxylic acids is 1. The van der Waals surface area contributed by atoms with Crippen molar-refractivity contribution < 1.29 is 25.1 Å². The second kappa shape index (κ2) is 6.36. The summed E-state index contributed by atoms with van der Waals surface area (Å²) in [7, 11) is -1.76. The van der Waals surface area contributed by atoms with E-state index in [-0.39, 0.29) is 17.5 Å². The van der Waals surface area contributed by atoms with E-state index < -0.39 is 18.3 Å². The van der Waals surface area contributed by atoms with Gasteiger partial charge in [-0.3, -0.25) is 0 Å². The van der Waals surface area contributed by atoms with Gasteiger partial charge in [0.15, 0.2) is 0 Å². The van der Waals surface area contributed by atoms with Crippen molar-refractivity contribution in [3.05, 3.63) is 0 Å². The van der Waals surface area contributed by atoms with Gasteiger partial charge in [-0.25, -0.2) is 0 Å². The molecule has 0 aliphatic heterocycles. The Hall–Kier alpha value is -0.425. The molecule has 0 saturated heterocycles. The first kappa shape index (κ1) is 18.6. The standard InChI is InChI=1S/C10H18O2.C5H9BO3/c1-8(2)7-4-5-9(3,11)10(8,12)6-7;1-5(7)3-2-4-6(8)9/h7,11-12H,4-6H2,1-3H3;2-4H2,1H3/q;-2. The SMILES string of the molecule is CC(=O)CCCB([O-])[O-].CC1(O)CCC2CC1(O)C2(C)C. The lowest BCUT2D eigenvalue weighted by molar-refractivity contribution is -0.348. The molecule has 3 saturated carbocycles. The average molecular weight is 298 g/mol. The molecule has 0 radical (unpaired) electrons. The Bertz CT molecular complexity index is 370.